The van der Waals surface area contributed by atoms with Crippen molar-refractivity contribution in [2.24, 2.45) is 10.9 Å². The van der Waals surface area contributed by atoms with Crippen LogP contribution in [0.3, 0.4) is 0 Å². The molecular weight excluding hydrogens is 424 g/mol. The lowest BCUT2D eigenvalue weighted by molar-refractivity contribution is 0.117. The highest BCUT2D eigenvalue weighted by Crippen LogP contribution is 2.35. The zero-order valence-corrected chi connectivity index (χ0v) is 20.0. The Hall–Kier alpha value is -1.87. The molecule has 1 saturated heterocycles. The number of aromatic nitrogens is 1. The molecule has 0 spiro atoms. The molecule has 32 heavy (non-hydrogen) atoms. The molecule has 1 aromatic heterocycles. The summed E-state index contributed by atoms with van der Waals surface area (Å²) in [5.74, 6) is 0.235. The average molecular weight is 461 g/mol. The Labute approximate surface area is 191 Å². The van der Waals surface area contributed by atoms with Crippen molar-refractivity contribution >= 4 is 21.2 Å². The molecule has 4 N–H and O–H groups in total. The minimum absolute atomic E-state index is 0.235. The molecule has 176 valence electrons. The smallest absolute Gasteiger partial charge is 0.371 e. The van der Waals surface area contributed by atoms with E-state index in [0.29, 0.717) is 18.6 Å². The summed E-state index contributed by atoms with van der Waals surface area (Å²) in [7, 11) is -4.05. The van der Waals surface area contributed by atoms with Gasteiger partial charge >= 0.3 is 10.3 Å². The van der Waals surface area contributed by atoms with Crippen LogP contribution in [-0.4, -0.2) is 43.6 Å². The molecule has 0 radical (unpaired) electrons. The summed E-state index contributed by atoms with van der Waals surface area (Å²) in [5, 5.41) is 6.03. The van der Waals surface area contributed by atoms with Gasteiger partial charge in [0.25, 0.3) is 0 Å². The van der Waals surface area contributed by atoms with Gasteiger partial charge in [0.05, 0.1) is 0 Å². The van der Waals surface area contributed by atoms with E-state index >= 15 is 0 Å². The molecule has 7 nitrogen and oxygen atoms in total. The number of allylic oxidation sites excluding steroid dienone is 2. The number of benzene rings is 1. The van der Waals surface area contributed by atoms with Crippen LogP contribution >= 0.6 is 0 Å². The Balaban J connectivity index is 1.49. The van der Waals surface area contributed by atoms with Crippen LogP contribution in [0.5, 0.6) is 5.75 Å². The molecule has 2 aromatic rings. The number of likely N-dealkylation sites (tertiary alicyclic amines) is 1. The lowest BCUT2D eigenvalue weighted by atomic mass is 9.86. The summed E-state index contributed by atoms with van der Waals surface area (Å²) < 4.78 is 29.9. The van der Waals surface area contributed by atoms with Gasteiger partial charge in [0.15, 0.2) is 0 Å². The third-order valence-electron chi connectivity index (χ3n) is 7.19. The van der Waals surface area contributed by atoms with Crippen LogP contribution in [0.15, 0.2) is 35.5 Å². The number of rotatable bonds is 6. The number of nitrogens with zero attached hydrogens (tertiary/aromatic N) is 2. The van der Waals surface area contributed by atoms with Crippen molar-refractivity contribution in [3.63, 3.8) is 0 Å². The van der Waals surface area contributed by atoms with E-state index < -0.39 is 10.3 Å². The van der Waals surface area contributed by atoms with Gasteiger partial charge in [-0.05, 0) is 89.1 Å². The Bertz CT molecular complexity index is 1080. The molecule has 0 atom stereocenters. The lowest BCUT2D eigenvalue weighted by Gasteiger charge is -2.40. The van der Waals surface area contributed by atoms with Crippen LogP contribution in [-0.2, 0) is 16.7 Å². The number of fused-ring (bicyclic) bond motifs is 1. The molecule has 2 fully saturated rings. The van der Waals surface area contributed by atoms with Crippen molar-refractivity contribution in [3.8, 4) is 5.75 Å². The van der Waals surface area contributed by atoms with Crippen LogP contribution in [0, 0.1) is 0 Å². The first kappa shape index (κ1) is 23.3. The Morgan fingerprint density at radius 2 is 1.78 bits per heavy atom. The van der Waals surface area contributed by atoms with Gasteiger partial charge < -0.3 is 19.4 Å². The standard InChI is InChI=1S/C24H36N4O3S/c1-17(2)18-3-5-20(6-4-18)27-13-10-21(11-14-27)28-16-19(9-12-25)23-15-22(7-8-24(23)28)31-32(26,29)30/h7-8,15-16,20-21H,3-6,9-14,25H2,1-2H3,(H2,26,29,30). The molecule has 1 saturated carbocycles. The fraction of sp³-hybridized carbons (Fsp3) is 0.583. The van der Waals surface area contributed by atoms with E-state index in [1.54, 1.807) is 17.7 Å². The van der Waals surface area contributed by atoms with Crippen molar-refractivity contribution < 1.29 is 12.6 Å². The first-order valence-corrected chi connectivity index (χ1v) is 13.2. The van der Waals surface area contributed by atoms with Crippen molar-refractivity contribution in [3.05, 3.63) is 41.1 Å². The monoisotopic (exact) mass is 460 g/mol. The quantitative estimate of drug-likeness (QED) is 0.641. The molecular formula is C24H36N4O3S. The first-order valence-electron chi connectivity index (χ1n) is 11.7. The summed E-state index contributed by atoms with van der Waals surface area (Å²) in [6.45, 7) is 7.26. The van der Waals surface area contributed by atoms with Crippen molar-refractivity contribution in [2.75, 3.05) is 19.6 Å². The third kappa shape index (κ3) is 5.20. The van der Waals surface area contributed by atoms with E-state index in [4.69, 9.17) is 15.1 Å². The van der Waals surface area contributed by atoms with Crippen molar-refractivity contribution in [1.82, 2.24) is 9.47 Å². The predicted molar refractivity (Wildman–Crippen MR) is 129 cm³/mol. The van der Waals surface area contributed by atoms with Gasteiger partial charge in [0.1, 0.15) is 5.75 Å². The molecule has 0 unspecified atom stereocenters. The third-order valence-corrected chi connectivity index (χ3v) is 7.61. The van der Waals surface area contributed by atoms with Gasteiger partial charge in [-0.3, -0.25) is 0 Å². The normalized spacial score (nSPS) is 21.2. The van der Waals surface area contributed by atoms with Crippen LogP contribution in [0.25, 0.3) is 10.9 Å². The van der Waals surface area contributed by atoms with Gasteiger partial charge in [-0.2, -0.15) is 13.6 Å². The maximum absolute atomic E-state index is 11.3. The van der Waals surface area contributed by atoms with Gasteiger partial charge in [-0.1, -0.05) is 11.1 Å². The molecule has 4 rings (SSSR count). The summed E-state index contributed by atoms with van der Waals surface area (Å²) in [5.41, 5.74) is 11.2. The Kier molecular flexibility index (Phi) is 6.95. The highest BCUT2D eigenvalue weighted by molar-refractivity contribution is 7.84. The number of piperidine rings is 1. The van der Waals surface area contributed by atoms with E-state index in [0.717, 1.165) is 48.8 Å². The molecule has 8 heteroatoms. The minimum Gasteiger partial charge on any atom is -0.371 e. The maximum atomic E-state index is 11.3. The Morgan fingerprint density at radius 3 is 2.38 bits per heavy atom. The topological polar surface area (TPSA) is 104 Å². The highest BCUT2D eigenvalue weighted by atomic mass is 32.2. The average Bonchev–Trinajstić information content (AvgIpc) is 3.11. The highest BCUT2D eigenvalue weighted by Gasteiger charge is 2.29. The van der Waals surface area contributed by atoms with Crippen LogP contribution in [0.2, 0.25) is 0 Å². The summed E-state index contributed by atoms with van der Waals surface area (Å²) in [6.07, 6.45) is 10.2. The fourth-order valence-corrected chi connectivity index (χ4v) is 5.86. The lowest BCUT2D eigenvalue weighted by Crippen LogP contribution is -2.42. The molecule has 0 amide bonds. The maximum Gasteiger partial charge on any atom is 0.380 e. The van der Waals surface area contributed by atoms with E-state index in [9.17, 15) is 8.42 Å². The number of hydrogen-bond donors (Lipinski definition) is 2. The molecule has 2 aliphatic rings. The Morgan fingerprint density at radius 1 is 1.09 bits per heavy atom. The molecule has 1 aliphatic carbocycles. The van der Waals surface area contributed by atoms with E-state index in [1.807, 2.05) is 6.07 Å². The molecule has 2 heterocycles. The summed E-state index contributed by atoms with van der Waals surface area (Å²) >= 11 is 0. The fourth-order valence-electron chi connectivity index (χ4n) is 5.49. The van der Waals surface area contributed by atoms with Crippen LogP contribution < -0.4 is 15.1 Å². The first-order chi connectivity index (χ1) is 15.2. The van der Waals surface area contributed by atoms with E-state index in [1.165, 1.54) is 31.3 Å². The van der Waals surface area contributed by atoms with Gasteiger partial charge in [-0.15, -0.1) is 0 Å². The predicted octanol–water partition coefficient (Wildman–Crippen LogP) is 3.64. The minimum atomic E-state index is -4.05. The second kappa shape index (κ2) is 9.55. The van der Waals surface area contributed by atoms with Crippen LogP contribution in [0.4, 0.5) is 0 Å². The molecule has 0 bridgehead atoms. The van der Waals surface area contributed by atoms with Gasteiger partial charge in [0.2, 0.25) is 0 Å². The van der Waals surface area contributed by atoms with Crippen molar-refractivity contribution in [1.29, 1.82) is 0 Å². The van der Waals surface area contributed by atoms with Gasteiger partial charge in [0, 0.05) is 42.3 Å². The SMILES string of the molecule is CC(C)=C1CCC(N2CCC(n3cc(CCN)c4cc(OS(N)(=O)=O)ccc43)CC2)CC1. The number of nitrogens with two attached hydrogens (primary N) is 2. The van der Waals surface area contributed by atoms with E-state index in [2.05, 4.69) is 29.5 Å². The second-order valence-electron chi connectivity index (χ2n) is 9.46. The largest absolute Gasteiger partial charge is 0.380 e. The van der Waals surface area contributed by atoms with Crippen LogP contribution in [0.1, 0.15) is 64.0 Å². The van der Waals surface area contributed by atoms with E-state index in [-0.39, 0.29) is 5.75 Å². The molecule has 1 aliphatic heterocycles. The number of hydrogen-bond acceptors (Lipinski definition) is 5. The zero-order chi connectivity index (χ0) is 22.9. The second-order valence-corrected chi connectivity index (χ2v) is 10.6. The van der Waals surface area contributed by atoms with Gasteiger partial charge in [-0.25, -0.2) is 0 Å². The molecule has 1 aromatic carbocycles. The summed E-state index contributed by atoms with van der Waals surface area (Å²) in [4.78, 5) is 2.70. The summed E-state index contributed by atoms with van der Waals surface area (Å²) in [6, 6.07) is 6.52. The zero-order valence-electron chi connectivity index (χ0n) is 19.2. The van der Waals surface area contributed by atoms with Crippen molar-refractivity contribution in [2.45, 2.75) is 70.9 Å².